The van der Waals surface area contributed by atoms with E-state index in [9.17, 15) is 25.1 Å². The maximum absolute atomic E-state index is 9.95. The molecule has 0 saturated carbocycles. The summed E-state index contributed by atoms with van der Waals surface area (Å²) in [4.78, 5) is 25.4. The van der Waals surface area contributed by atoms with Crippen LogP contribution in [0.2, 0.25) is 0 Å². The number of hydrogen-bond donors (Lipinski definition) is 0. The third-order valence-corrected chi connectivity index (χ3v) is 4.45. The molecule has 152 valence electrons. The molecule has 8 heteroatoms. The Kier molecular flexibility index (Phi) is 9.72. The van der Waals surface area contributed by atoms with Crippen molar-refractivity contribution in [3.8, 4) is 6.07 Å². The van der Waals surface area contributed by atoms with Gasteiger partial charge < -0.3 is 24.7 Å². The van der Waals surface area contributed by atoms with Gasteiger partial charge in [0.05, 0.1) is 23.7 Å². The van der Waals surface area contributed by atoms with Gasteiger partial charge in [-0.25, -0.2) is 0 Å². The molecule has 0 bridgehead atoms. The quantitative estimate of drug-likeness (QED) is 0.559. The van der Waals surface area contributed by atoms with Crippen LogP contribution in [0, 0.1) is 11.3 Å². The first-order valence-electron chi connectivity index (χ1n) is 8.55. The molecule has 1 aromatic heterocycles. The summed E-state index contributed by atoms with van der Waals surface area (Å²) in [7, 11) is 4.03. The molecule has 0 amide bonds. The number of aliphatic carboxylic acids is 2. The standard InChI is InChI=1S/C17H18BrN3.C4H4O4/c1-21(2)12-10-17(13-19,16-5-3-4-11-20-16)14-6-8-15(18)9-7-14;5-3(6)1-2-4(7)8/h3-9,11H,10,12H2,1-2H3;1-2H,(H,5,6)(H,7,8)/p-2/b;2-1-. The second kappa shape index (κ2) is 11.7. The van der Waals surface area contributed by atoms with Crippen LogP contribution < -0.4 is 10.2 Å². The Morgan fingerprint density at radius 1 is 1.14 bits per heavy atom. The lowest BCUT2D eigenvalue weighted by Crippen LogP contribution is -2.31. The highest BCUT2D eigenvalue weighted by molar-refractivity contribution is 9.10. The largest absolute Gasteiger partial charge is 0.545 e. The second-order valence-electron chi connectivity index (χ2n) is 6.26. The monoisotopic (exact) mass is 457 g/mol. The van der Waals surface area contributed by atoms with Gasteiger partial charge in [-0.15, -0.1) is 0 Å². The van der Waals surface area contributed by atoms with E-state index in [2.05, 4.69) is 31.9 Å². The van der Waals surface area contributed by atoms with Crippen molar-refractivity contribution < 1.29 is 19.8 Å². The lowest BCUT2D eigenvalue weighted by molar-refractivity contribution is -0.301. The zero-order valence-corrected chi connectivity index (χ0v) is 17.6. The Balaban J connectivity index is 0.000000447. The van der Waals surface area contributed by atoms with Gasteiger partial charge in [0.15, 0.2) is 0 Å². The fraction of sp³-hybridized carbons (Fsp3) is 0.238. The Hall–Kier alpha value is -3.02. The lowest BCUT2D eigenvalue weighted by Gasteiger charge is -2.28. The van der Waals surface area contributed by atoms with Crippen molar-refractivity contribution in [2.45, 2.75) is 11.8 Å². The Bertz CT molecular complexity index is 861. The summed E-state index contributed by atoms with van der Waals surface area (Å²) in [6, 6.07) is 16.2. The number of carbonyl (C=O) groups is 2. The van der Waals surface area contributed by atoms with E-state index < -0.39 is 17.4 Å². The summed E-state index contributed by atoms with van der Waals surface area (Å²) in [6.45, 7) is 0.820. The van der Waals surface area contributed by atoms with Gasteiger partial charge >= 0.3 is 0 Å². The summed E-state index contributed by atoms with van der Waals surface area (Å²) in [6.07, 6.45) is 3.22. The van der Waals surface area contributed by atoms with Crippen LogP contribution in [0.3, 0.4) is 0 Å². The van der Waals surface area contributed by atoms with Gasteiger partial charge in [0.1, 0.15) is 5.41 Å². The lowest BCUT2D eigenvalue weighted by atomic mass is 9.75. The van der Waals surface area contributed by atoms with Crippen LogP contribution in [0.25, 0.3) is 0 Å². The third-order valence-electron chi connectivity index (χ3n) is 3.92. The number of aromatic nitrogens is 1. The molecule has 1 atom stereocenters. The molecule has 0 saturated heterocycles. The van der Waals surface area contributed by atoms with Crippen LogP contribution in [-0.2, 0) is 15.0 Å². The fourth-order valence-electron chi connectivity index (χ4n) is 2.48. The topological polar surface area (TPSA) is 120 Å². The first kappa shape index (κ1) is 24.0. The Morgan fingerprint density at radius 2 is 1.72 bits per heavy atom. The number of pyridine rings is 1. The van der Waals surface area contributed by atoms with Crippen LogP contribution in [0.1, 0.15) is 17.7 Å². The SMILES string of the molecule is CN(C)CCC(C#N)(c1ccc(Br)cc1)c1ccccn1.O=C([O-])/C=C\C(=O)[O-]. The van der Waals surface area contributed by atoms with Crippen molar-refractivity contribution >= 4 is 27.9 Å². The maximum atomic E-state index is 9.95. The number of halogens is 1. The normalized spacial score (nSPS) is 12.5. The van der Waals surface area contributed by atoms with E-state index in [1.807, 2.05) is 56.6 Å². The van der Waals surface area contributed by atoms with E-state index in [0.717, 1.165) is 22.3 Å². The van der Waals surface area contributed by atoms with E-state index in [1.165, 1.54) is 0 Å². The van der Waals surface area contributed by atoms with Gasteiger partial charge in [0.2, 0.25) is 0 Å². The molecule has 0 radical (unpaired) electrons. The number of rotatable bonds is 7. The average Bonchev–Trinajstić information content (AvgIpc) is 2.69. The third kappa shape index (κ3) is 7.86. The van der Waals surface area contributed by atoms with Gasteiger partial charge in [0.25, 0.3) is 0 Å². The molecule has 0 aliphatic rings. The molecule has 2 aromatic rings. The van der Waals surface area contributed by atoms with Crippen molar-refractivity contribution in [3.63, 3.8) is 0 Å². The van der Waals surface area contributed by atoms with Crippen LogP contribution >= 0.6 is 15.9 Å². The number of carbonyl (C=O) groups excluding carboxylic acids is 2. The van der Waals surface area contributed by atoms with Crippen molar-refractivity contribution in [2.24, 2.45) is 0 Å². The Labute approximate surface area is 178 Å². The van der Waals surface area contributed by atoms with Gasteiger partial charge in [-0.2, -0.15) is 5.26 Å². The van der Waals surface area contributed by atoms with Gasteiger partial charge in [-0.3, -0.25) is 4.98 Å². The molecule has 29 heavy (non-hydrogen) atoms. The minimum atomic E-state index is -1.55. The molecule has 0 fully saturated rings. The summed E-state index contributed by atoms with van der Waals surface area (Å²) in [5, 5.41) is 28.8. The molecule has 0 spiro atoms. The van der Waals surface area contributed by atoms with Crippen LogP contribution in [0.4, 0.5) is 0 Å². The zero-order valence-electron chi connectivity index (χ0n) is 16.0. The summed E-state index contributed by atoms with van der Waals surface area (Å²) >= 11 is 3.45. The first-order valence-corrected chi connectivity index (χ1v) is 9.34. The van der Waals surface area contributed by atoms with Crippen LogP contribution in [0.5, 0.6) is 0 Å². The molecule has 0 N–H and O–H groups in total. The van der Waals surface area contributed by atoms with E-state index in [4.69, 9.17) is 0 Å². The van der Waals surface area contributed by atoms with Crippen LogP contribution in [-0.4, -0.2) is 42.5 Å². The van der Waals surface area contributed by atoms with Crippen molar-refractivity contribution in [3.05, 3.63) is 76.5 Å². The molecule has 1 aromatic carbocycles. The summed E-state index contributed by atoms with van der Waals surface area (Å²) in [5.74, 6) is -3.09. The predicted octanol–water partition coefficient (Wildman–Crippen LogP) is 0.648. The van der Waals surface area contributed by atoms with Gasteiger partial charge in [-0.05, 0) is 69.0 Å². The number of nitrogens with zero attached hydrogens (tertiary/aromatic N) is 3. The predicted molar refractivity (Wildman–Crippen MR) is 107 cm³/mol. The highest BCUT2D eigenvalue weighted by Crippen LogP contribution is 2.34. The van der Waals surface area contributed by atoms with Crippen molar-refractivity contribution in [1.29, 1.82) is 5.26 Å². The molecular formula is C21H20BrN3O4-2. The minimum Gasteiger partial charge on any atom is -0.545 e. The average molecular weight is 458 g/mol. The van der Waals surface area contributed by atoms with E-state index in [-0.39, 0.29) is 0 Å². The van der Waals surface area contributed by atoms with Gasteiger partial charge in [0, 0.05) is 10.7 Å². The highest BCUT2D eigenvalue weighted by Gasteiger charge is 2.35. The molecule has 0 aliphatic heterocycles. The molecule has 0 aliphatic carbocycles. The number of hydrogen-bond acceptors (Lipinski definition) is 7. The van der Waals surface area contributed by atoms with E-state index in [1.54, 1.807) is 6.20 Å². The van der Waals surface area contributed by atoms with E-state index >= 15 is 0 Å². The number of carboxylic acids is 2. The maximum Gasteiger partial charge on any atom is 0.125 e. The second-order valence-corrected chi connectivity index (χ2v) is 7.18. The van der Waals surface area contributed by atoms with Gasteiger partial charge in [-0.1, -0.05) is 34.1 Å². The number of benzene rings is 1. The van der Waals surface area contributed by atoms with Crippen molar-refractivity contribution in [2.75, 3.05) is 20.6 Å². The number of nitriles is 1. The highest BCUT2D eigenvalue weighted by atomic mass is 79.9. The molecule has 1 unspecified atom stereocenters. The first-order chi connectivity index (χ1) is 13.7. The Morgan fingerprint density at radius 3 is 2.14 bits per heavy atom. The molecule has 2 rings (SSSR count). The van der Waals surface area contributed by atoms with Crippen molar-refractivity contribution in [1.82, 2.24) is 9.88 Å². The smallest absolute Gasteiger partial charge is 0.125 e. The zero-order chi connectivity index (χ0) is 21.9. The minimum absolute atomic E-state index is 0.384. The molecule has 7 nitrogen and oxygen atoms in total. The molecular weight excluding hydrogens is 438 g/mol. The summed E-state index contributed by atoms with van der Waals surface area (Å²) in [5.41, 5.74) is 1.07. The number of carboxylic acid groups (broad SMARTS) is 2. The molecule has 1 heterocycles. The summed E-state index contributed by atoms with van der Waals surface area (Å²) < 4.78 is 1.01. The van der Waals surface area contributed by atoms with E-state index in [0.29, 0.717) is 18.6 Å². The van der Waals surface area contributed by atoms with Crippen LogP contribution in [0.15, 0.2) is 65.3 Å². The fourth-order valence-corrected chi connectivity index (χ4v) is 2.74.